The molecule has 0 spiro atoms. The zero-order valence-corrected chi connectivity index (χ0v) is 11.8. The van der Waals surface area contributed by atoms with Crippen molar-refractivity contribution in [2.75, 3.05) is 5.75 Å². The van der Waals surface area contributed by atoms with Crippen LogP contribution >= 0.6 is 11.8 Å². The van der Waals surface area contributed by atoms with Crippen LogP contribution in [-0.4, -0.2) is 11.0 Å². The Morgan fingerprint density at radius 1 is 1.00 bits per heavy atom. The fraction of sp³-hybridized carbons (Fsp3) is 0.600. The van der Waals surface area contributed by atoms with Gasteiger partial charge in [0.1, 0.15) is 0 Å². The van der Waals surface area contributed by atoms with Crippen molar-refractivity contribution in [2.45, 2.75) is 45.8 Å². The number of rotatable bonds is 6. The van der Waals surface area contributed by atoms with Crippen molar-refractivity contribution >= 4 is 11.8 Å². The van der Waals surface area contributed by atoms with Gasteiger partial charge in [-0.1, -0.05) is 52.0 Å². The number of benzene rings is 1. The summed E-state index contributed by atoms with van der Waals surface area (Å²) in [4.78, 5) is 0. The van der Waals surface area contributed by atoms with Crippen molar-refractivity contribution < 1.29 is 0 Å². The molecular weight excluding hydrogens is 212 g/mol. The summed E-state index contributed by atoms with van der Waals surface area (Å²) in [7, 11) is 0. The summed E-state index contributed by atoms with van der Waals surface area (Å²) in [5.74, 6) is 1.99. The lowest BCUT2D eigenvalue weighted by Crippen LogP contribution is -2.01. The molecule has 1 rings (SSSR count). The first-order valence-electron chi connectivity index (χ1n) is 6.28. The predicted octanol–water partition coefficient (Wildman–Crippen LogP) is 4.57. The average Bonchev–Trinajstić information content (AvgIpc) is 2.19. The van der Waals surface area contributed by atoms with Gasteiger partial charge in [0.2, 0.25) is 0 Å². The quantitative estimate of drug-likeness (QED) is 0.697. The van der Waals surface area contributed by atoms with E-state index in [1.165, 1.54) is 18.6 Å². The molecule has 0 amide bonds. The highest BCUT2D eigenvalue weighted by molar-refractivity contribution is 7.99. The van der Waals surface area contributed by atoms with Gasteiger partial charge in [0, 0.05) is 0 Å². The molecule has 0 nitrogen and oxygen atoms in total. The Labute approximate surface area is 105 Å². The molecule has 1 aromatic carbocycles. The van der Waals surface area contributed by atoms with Gasteiger partial charge < -0.3 is 0 Å². The van der Waals surface area contributed by atoms with Crippen LogP contribution in [0.4, 0.5) is 0 Å². The van der Waals surface area contributed by atoms with Crippen molar-refractivity contribution in [1.29, 1.82) is 0 Å². The van der Waals surface area contributed by atoms with E-state index >= 15 is 0 Å². The van der Waals surface area contributed by atoms with E-state index in [0.717, 1.165) is 11.2 Å². The van der Waals surface area contributed by atoms with Crippen LogP contribution < -0.4 is 0 Å². The average molecular weight is 236 g/mol. The molecule has 1 aromatic rings. The Bertz CT molecular complexity index is 302. The molecular formula is C15H24S. The molecule has 0 radical (unpaired) electrons. The first-order chi connectivity index (χ1) is 7.59. The van der Waals surface area contributed by atoms with Crippen LogP contribution in [-0.2, 0) is 12.8 Å². The second kappa shape index (κ2) is 7.01. The molecule has 0 aromatic heterocycles. The molecule has 0 atom stereocenters. The minimum absolute atomic E-state index is 0.747. The first kappa shape index (κ1) is 13.6. The Balaban J connectivity index is 2.56. The normalized spacial score (nSPS) is 11.4. The minimum atomic E-state index is 0.747. The van der Waals surface area contributed by atoms with E-state index in [1.807, 2.05) is 0 Å². The summed E-state index contributed by atoms with van der Waals surface area (Å²) in [6.45, 7) is 9.12. The largest absolute Gasteiger partial charge is 0.159 e. The summed E-state index contributed by atoms with van der Waals surface area (Å²) >= 11 is 2.05. The number of aryl methyl sites for hydroxylation is 1. The van der Waals surface area contributed by atoms with Gasteiger partial charge in [0.15, 0.2) is 0 Å². The van der Waals surface area contributed by atoms with Gasteiger partial charge in [-0.05, 0) is 40.9 Å². The predicted molar refractivity (Wildman–Crippen MR) is 76.3 cm³/mol. The minimum Gasteiger partial charge on any atom is -0.159 e. The van der Waals surface area contributed by atoms with Crippen molar-refractivity contribution in [3.8, 4) is 0 Å². The van der Waals surface area contributed by atoms with Crippen LogP contribution in [0.15, 0.2) is 24.3 Å². The molecule has 1 heteroatoms. The number of thioether (sulfide) groups is 1. The lowest BCUT2D eigenvalue weighted by Gasteiger charge is -2.12. The van der Waals surface area contributed by atoms with E-state index in [4.69, 9.17) is 0 Å². The lowest BCUT2D eigenvalue weighted by atomic mass is 9.97. The molecule has 0 fully saturated rings. The molecule has 0 saturated carbocycles. The van der Waals surface area contributed by atoms with Gasteiger partial charge in [0.25, 0.3) is 0 Å². The standard InChI is InChI=1S/C15H24S/c1-12(2)11-15-8-6-5-7-14(15)9-10-16-13(3)4/h5-8,12-13H,9-11H2,1-4H3. The molecule has 16 heavy (non-hydrogen) atoms. The molecule has 0 heterocycles. The maximum absolute atomic E-state index is 2.29. The van der Waals surface area contributed by atoms with E-state index in [-0.39, 0.29) is 0 Å². The third kappa shape index (κ3) is 5.07. The molecule has 0 bridgehead atoms. The van der Waals surface area contributed by atoms with Crippen LogP contribution in [0.2, 0.25) is 0 Å². The molecule has 0 unspecified atom stereocenters. The molecule has 0 aliphatic carbocycles. The molecule has 0 N–H and O–H groups in total. The topological polar surface area (TPSA) is 0 Å². The van der Waals surface area contributed by atoms with Crippen molar-refractivity contribution in [3.63, 3.8) is 0 Å². The monoisotopic (exact) mass is 236 g/mol. The second-order valence-corrected chi connectivity index (χ2v) is 6.72. The van der Waals surface area contributed by atoms with Crippen molar-refractivity contribution in [2.24, 2.45) is 5.92 Å². The molecule has 0 aliphatic rings. The molecule has 0 aliphatic heterocycles. The third-order valence-corrected chi connectivity index (χ3v) is 3.68. The van der Waals surface area contributed by atoms with Crippen LogP contribution in [0.25, 0.3) is 0 Å². The van der Waals surface area contributed by atoms with Crippen molar-refractivity contribution in [3.05, 3.63) is 35.4 Å². The Hall–Kier alpha value is -0.430. The summed E-state index contributed by atoms with van der Waals surface area (Å²) in [6.07, 6.45) is 2.42. The zero-order chi connectivity index (χ0) is 12.0. The Morgan fingerprint density at radius 3 is 2.19 bits per heavy atom. The highest BCUT2D eigenvalue weighted by atomic mass is 32.2. The van der Waals surface area contributed by atoms with Gasteiger partial charge in [-0.2, -0.15) is 11.8 Å². The van der Waals surface area contributed by atoms with Gasteiger partial charge in [-0.25, -0.2) is 0 Å². The van der Waals surface area contributed by atoms with E-state index in [2.05, 4.69) is 63.7 Å². The second-order valence-electron chi connectivity index (χ2n) is 5.04. The summed E-state index contributed by atoms with van der Waals surface area (Å²) in [6, 6.07) is 8.91. The van der Waals surface area contributed by atoms with Gasteiger partial charge in [0.05, 0.1) is 0 Å². The summed E-state index contributed by atoms with van der Waals surface area (Å²) in [5, 5.41) is 0.747. The van der Waals surface area contributed by atoms with Gasteiger partial charge in [-0.15, -0.1) is 0 Å². The van der Waals surface area contributed by atoms with Crippen LogP contribution in [0.3, 0.4) is 0 Å². The Kier molecular flexibility index (Phi) is 5.97. The van der Waals surface area contributed by atoms with E-state index < -0.39 is 0 Å². The summed E-state index contributed by atoms with van der Waals surface area (Å²) < 4.78 is 0. The number of hydrogen-bond acceptors (Lipinski definition) is 1. The fourth-order valence-electron chi connectivity index (χ4n) is 1.84. The maximum atomic E-state index is 2.29. The lowest BCUT2D eigenvalue weighted by molar-refractivity contribution is 0.643. The molecule has 90 valence electrons. The third-order valence-electron chi connectivity index (χ3n) is 2.57. The van der Waals surface area contributed by atoms with Crippen molar-refractivity contribution in [1.82, 2.24) is 0 Å². The van der Waals surface area contributed by atoms with Crippen LogP contribution in [0, 0.1) is 5.92 Å². The zero-order valence-electron chi connectivity index (χ0n) is 11.0. The Morgan fingerprint density at radius 2 is 1.62 bits per heavy atom. The van der Waals surface area contributed by atoms with E-state index in [1.54, 1.807) is 11.1 Å². The highest BCUT2D eigenvalue weighted by Crippen LogP contribution is 2.17. The smallest absolute Gasteiger partial charge is 0.000957 e. The van der Waals surface area contributed by atoms with Gasteiger partial charge in [-0.3, -0.25) is 0 Å². The van der Waals surface area contributed by atoms with Gasteiger partial charge >= 0.3 is 0 Å². The number of hydrogen-bond donors (Lipinski definition) is 0. The van der Waals surface area contributed by atoms with Crippen LogP contribution in [0.1, 0.15) is 38.8 Å². The highest BCUT2D eigenvalue weighted by Gasteiger charge is 2.04. The SMILES string of the molecule is CC(C)Cc1ccccc1CCSC(C)C. The van der Waals surface area contributed by atoms with E-state index in [9.17, 15) is 0 Å². The van der Waals surface area contributed by atoms with E-state index in [0.29, 0.717) is 0 Å². The maximum Gasteiger partial charge on any atom is -0.000957 e. The van der Waals surface area contributed by atoms with Crippen LogP contribution in [0.5, 0.6) is 0 Å². The molecule has 0 saturated heterocycles. The first-order valence-corrected chi connectivity index (χ1v) is 7.33. The fourth-order valence-corrected chi connectivity index (χ4v) is 2.65. The summed E-state index contributed by atoms with van der Waals surface area (Å²) in [5.41, 5.74) is 3.09.